The number of aliphatic imine (C=N–C) groups is 1. The van der Waals surface area contributed by atoms with Crippen molar-refractivity contribution in [3.05, 3.63) is 188 Å². The number of fused-ring (bicyclic) bond motifs is 5. The summed E-state index contributed by atoms with van der Waals surface area (Å²) in [6.45, 7) is 5.89. The van der Waals surface area contributed by atoms with Gasteiger partial charge in [-0.25, -0.2) is 4.98 Å². The molecule has 0 spiro atoms. The number of pyridine rings is 1. The van der Waals surface area contributed by atoms with Crippen molar-refractivity contribution in [2.75, 3.05) is 0 Å². The van der Waals surface area contributed by atoms with Crippen molar-refractivity contribution < 1.29 is 0 Å². The lowest BCUT2D eigenvalue weighted by Gasteiger charge is -2.19. The molecule has 0 atom stereocenters. The maximum Gasteiger partial charge on any atom is 0.0971 e. The van der Waals surface area contributed by atoms with E-state index in [4.69, 9.17) is 4.98 Å². The molecule has 10 rings (SSSR count). The smallest absolute Gasteiger partial charge is 0.0971 e. The van der Waals surface area contributed by atoms with Gasteiger partial charge in [-0.15, -0.1) is 0 Å². The van der Waals surface area contributed by atoms with E-state index in [9.17, 15) is 0 Å². The lowest BCUT2D eigenvalue weighted by molar-refractivity contribution is 1.39. The van der Waals surface area contributed by atoms with E-state index < -0.39 is 0 Å². The summed E-state index contributed by atoms with van der Waals surface area (Å²) in [5.74, 6) is 0. The standard InChI is InChI=1S/C53H36N2/c1-3-13-37-28-29-38-30-33-49(55-53(38)52(37)54-2)43-32-31-40(41-17-6-7-18-42(41)43)35-24-26-36(27-25-35)50-45-19-8-10-21-47(45)51(48-22-11-9-20-46(48)50)44-23-12-15-34-14-4-5-16-39(34)44/h3-33H,2H2,1H3/b13-3-. The number of hydrogen-bond acceptors (Lipinski definition) is 2. The minimum atomic E-state index is 0.808. The van der Waals surface area contributed by atoms with Gasteiger partial charge in [-0.3, -0.25) is 4.99 Å². The van der Waals surface area contributed by atoms with Crippen molar-refractivity contribution in [2.24, 2.45) is 4.99 Å². The third-order valence-corrected chi connectivity index (χ3v) is 11.0. The summed E-state index contributed by atoms with van der Waals surface area (Å²) in [5, 5.41) is 10.9. The molecule has 1 heterocycles. The quantitative estimate of drug-likeness (QED) is 0.125. The van der Waals surface area contributed by atoms with Crippen molar-refractivity contribution in [1.29, 1.82) is 0 Å². The number of allylic oxidation sites excluding steroid dienone is 1. The van der Waals surface area contributed by atoms with Crippen LogP contribution in [-0.4, -0.2) is 11.7 Å². The average molecular weight is 701 g/mol. The second-order valence-electron chi connectivity index (χ2n) is 14.1. The first-order valence-electron chi connectivity index (χ1n) is 18.8. The molecule has 0 radical (unpaired) electrons. The maximum absolute atomic E-state index is 5.18. The minimum Gasteiger partial charge on any atom is -0.262 e. The van der Waals surface area contributed by atoms with Gasteiger partial charge in [0.25, 0.3) is 0 Å². The van der Waals surface area contributed by atoms with Crippen LogP contribution < -0.4 is 0 Å². The van der Waals surface area contributed by atoms with Crippen LogP contribution >= 0.6 is 0 Å². The predicted octanol–water partition coefficient (Wildman–Crippen LogP) is 14.9. The first-order valence-corrected chi connectivity index (χ1v) is 18.8. The molecule has 55 heavy (non-hydrogen) atoms. The van der Waals surface area contributed by atoms with Gasteiger partial charge in [0.05, 0.1) is 16.9 Å². The topological polar surface area (TPSA) is 25.2 Å². The van der Waals surface area contributed by atoms with Crippen LogP contribution in [0.3, 0.4) is 0 Å². The van der Waals surface area contributed by atoms with Crippen molar-refractivity contribution in [2.45, 2.75) is 6.92 Å². The van der Waals surface area contributed by atoms with Crippen LogP contribution in [0.1, 0.15) is 12.5 Å². The molecule has 2 nitrogen and oxygen atoms in total. The molecule has 9 aromatic carbocycles. The average Bonchev–Trinajstić information content (AvgIpc) is 3.25. The van der Waals surface area contributed by atoms with E-state index in [1.165, 1.54) is 71.1 Å². The highest BCUT2D eigenvalue weighted by molar-refractivity contribution is 6.23. The Morgan fingerprint density at radius 2 is 0.982 bits per heavy atom. The molecule has 0 amide bonds. The van der Waals surface area contributed by atoms with Crippen molar-refractivity contribution in [3.8, 4) is 44.6 Å². The van der Waals surface area contributed by atoms with Crippen LogP contribution in [-0.2, 0) is 0 Å². The molecule has 258 valence electrons. The Hall–Kier alpha value is -7.16. The van der Waals surface area contributed by atoms with Crippen molar-refractivity contribution in [3.63, 3.8) is 0 Å². The Kier molecular flexibility index (Phi) is 7.89. The van der Waals surface area contributed by atoms with Gasteiger partial charge in [0.15, 0.2) is 0 Å². The Labute approximate surface area is 320 Å². The van der Waals surface area contributed by atoms with Crippen LogP contribution in [0.25, 0.3) is 105 Å². The van der Waals surface area contributed by atoms with Crippen LogP contribution in [0.4, 0.5) is 5.69 Å². The highest BCUT2D eigenvalue weighted by Gasteiger charge is 2.19. The zero-order chi connectivity index (χ0) is 36.9. The Bertz CT molecular complexity index is 3110. The van der Waals surface area contributed by atoms with E-state index >= 15 is 0 Å². The zero-order valence-electron chi connectivity index (χ0n) is 30.5. The Morgan fingerprint density at radius 3 is 1.65 bits per heavy atom. The van der Waals surface area contributed by atoms with Crippen molar-refractivity contribution >= 4 is 72.5 Å². The highest BCUT2D eigenvalue weighted by atomic mass is 14.8. The highest BCUT2D eigenvalue weighted by Crippen LogP contribution is 2.46. The Balaban J connectivity index is 1.11. The fourth-order valence-electron chi connectivity index (χ4n) is 8.58. The lowest BCUT2D eigenvalue weighted by Crippen LogP contribution is -1.92. The van der Waals surface area contributed by atoms with E-state index in [1.54, 1.807) is 0 Å². The van der Waals surface area contributed by atoms with Gasteiger partial charge in [-0.2, -0.15) is 0 Å². The fourth-order valence-corrected chi connectivity index (χ4v) is 8.58. The molecular weight excluding hydrogens is 665 g/mol. The molecule has 0 aliphatic carbocycles. The van der Waals surface area contributed by atoms with Gasteiger partial charge < -0.3 is 0 Å². The van der Waals surface area contributed by atoms with E-state index in [0.717, 1.165) is 38.8 Å². The first kappa shape index (κ1) is 32.5. The molecule has 0 saturated heterocycles. The molecule has 0 aliphatic rings. The summed E-state index contributed by atoms with van der Waals surface area (Å²) < 4.78 is 0. The van der Waals surface area contributed by atoms with Crippen molar-refractivity contribution in [1.82, 2.24) is 4.98 Å². The molecule has 0 saturated carbocycles. The second kappa shape index (κ2) is 13.4. The molecule has 1 aromatic heterocycles. The summed E-state index contributed by atoms with van der Waals surface area (Å²) in [7, 11) is 0. The molecule has 0 N–H and O–H groups in total. The molecule has 2 heteroatoms. The molecule has 0 bridgehead atoms. The van der Waals surface area contributed by atoms with Gasteiger partial charge in [0.2, 0.25) is 0 Å². The summed E-state index contributed by atoms with van der Waals surface area (Å²) >= 11 is 0. The molecule has 0 fully saturated rings. The largest absolute Gasteiger partial charge is 0.262 e. The van der Waals surface area contributed by atoms with Crippen LogP contribution in [0, 0.1) is 0 Å². The minimum absolute atomic E-state index is 0.808. The predicted molar refractivity (Wildman–Crippen MR) is 237 cm³/mol. The number of nitrogens with zero attached hydrogens (tertiary/aromatic N) is 2. The number of aromatic nitrogens is 1. The van der Waals surface area contributed by atoms with Gasteiger partial charge in [0, 0.05) is 16.5 Å². The molecule has 0 aliphatic heterocycles. The van der Waals surface area contributed by atoms with E-state index in [-0.39, 0.29) is 0 Å². The van der Waals surface area contributed by atoms with E-state index in [0.29, 0.717) is 0 Å². The SMILES string of the molecule is C=Nc1c(/C=C\C)ccc2ccc(-c3ccc(-c4ccc(-c5c6ccccc6c(-c6cccc7ccccc67)c6ccccc56)cc4)c4ccccc34)nc12. The number of benzene rings is 9. The third kappa shape index (κ3) is 5.34. The summed E-state index contributed by atoms with van der Waals surface area (Å²) in [6, 6.07) is 63.8. The van der Waals surface area contributed by atoms with Gasteiger partial charge >= 0.3 is 0 Å². The van der Waals surface area contributed by atoms with Gasteiger partial charge in [-0.1, -0.05) is 182 Å². The normalized spacial score (nSPS) is 11.7. The molecule has 0 unspecified atom stereocenters. The fraction of sp³-hybridized carbons (Fsp3) is 0.0189. The number of rotatable bonds is 6. The summed E-state index contributed by atoms with van der Waals surface area (Å²) in [6.07, 6.45) is 4.07. The van der Waals surface area contributed by atoms with Gasteiger partial charge in [-0.05, 0) is 96.2 Å². The molecule has 10 aromatic rings. The first-order chi connectivity index (χ1) is 27.2. The third-order valence-electron chi connectivity index (χ3n) is 11.0. The maximum atomic E-state index is 5.18. The van der Waals surface area contributed by atoms with E-state index in [1.807, 2.05) is 13.0 Å². The van der Waals surface area contributed by atoms with E-state index in [2.05, 4.69) is 194 Å². The number of hydrogen-bond donors (Lipinski definition) is 0. The lowest BCUT2D eigenvalue weighted by atomic mass is 9.84. The van der Waals surface area contributed by atoms with Gasteiger partial charge in [0.1, 0.15) is 0 Å². The monoisotopic (exact) mass is 700 g/mol. The summed E-state index contributed by atoms with van der Waals surface area (Å²) in [4.78, 5) is 9.57. The summed E-state index contributed by atoms with van der Waals surface area (Å²) in [5.41, 5.74) is 12.1. The second-order valence-corrected chi connectivity index (χ2v) is 14.1. The molecular formula is C53H36N2. The zero-order valence-corrected chi connectivity index (χ0v) is 30.5. The van der Waals surface area contributed by atoms with Crippen LogP contribution in [0.5, 0.6) is 0 Å². The van der Waals surface area contributed by atoms with Crippen LogP contribution in [0.2, 0.25) is 0 Å². The van der Waals surface area contributed by atoms with Crippen LogP contribution in [0.15, 0.2) is 187 Å². The Morgan fingerprint density at radius 1 is 0.436 bits per heavy atom.